The molecule has 0 fully saturated rings. The molecule has 0 bridgehead atoms. The van der Waals surface area contributed by atoms with Gasteiger partial charge in [0.2, 0.25) is 0 Å². The summed E-state index contributed by atoms with van der Waals surface area (Å²) in [6.07, 6.45) is -0.334. The molecule has 0 aromatic rings. The Morgan fingerprint density at radius 2 is 1.47 bits per heavy atom. The fraction of sp³-hybridized carbons (Fsp3) is 0.375. The Labute approximate surface area is 140 Å². The Kier molecular flexibility index (Phi) is 21.5. The molecule has 0 aliphatic carbocycles. The van der Waals surface area contributed by atoms with Gasteiger partial charge in [0.05, 0.1) is 5.97 Å². The number of carbonyl (C=O) groups is 4. The van der Waals surface area contributed by atoms with Crippen LogP contribution in [0, 0.1) is 6.42 Å². The third kappa shape index (κ3) is 26.7. The maximum Gasteiger partial charge on any atom is 2.00 e. The Morgan fingerprint density at radius 3 is 1.63 bits per heavy atom. The maximum atomic E-state index is 9.86. The summed E-state index contributed by atoms with van der Waals surface area (Å²) in [5.74, 6) is -5.63. The largest absolute Gasteiger partial charge is 2.00 e. The number of hydrogen-bond acceptors (Lipinski definition) is 7. The van der Waals surface area contributed by atoms with Gasteiger partial charge in [-0.25, -0.2) is 0 Å². The van der Waals surface area contributed by atoms with Gasteiger partial charge in [0.25, 0.3) is 0 Å². The zero-order valence-corrected chi connectivity index (χ0v) is 12.9. The minimum atomic E-state index is -1.44. The van der Waals surface area contributed by atoms with Gasteiger partial charge in [-0.3, -0.25) is 9.59 Å². The van der Waals surface area contributed by atoms with E-state index in [9.17, 15) is 29.4 Å². The van der Waals surface area contributed by atoms with Gasteiger partial charge in [0, 0.05) is 12.0 Å². The van der Waals surface area contributed by atoms with E-state index in [4.69, 9.17) is 15.9 Å². The minimum Gasteiger partial charge on any atom is -0.550 e. The van der Waals surface area contributed by atoms with E-state index >= 15 is 0 Å². The van der Waals surface area contributed by atoms with Crippen molar-refractivity contribution in [3.8, 4) is 0 Å². The zero-order chi connectivity index (χ0) is 14.0. The van der Waals surface area contributed by atoms with Crippen LogP contribution in [0.25, 0.3) is 0 Å². The van der Waals surface area contributed by atoms with E-state index in [1.165, 1.54) is 0 Å². The predicted molar refractivity (Wildman–Crippen MR) is 46.8 cm³/mol. The van der Waals surface area contributed by atoms with E-state index in [0.29, 0.717) is 0 Å². The third-order valence-corrected chi connectivity index (χ3v) is 1.21. The van der Waals surface area contributed by atoms with Crippen molar-refractivity contribution in [2.45, 2.75) is 18.9 Å². The van der Waals surface area contributed by atoms with Crippen molar-refractivity contribution in [2.75, 3.05) is 0 Å². The summed E-state index contributed by atoms with van der Waals surface area (Å²) in [7, 11) is 0. The molecule has 0 saturated carbocycles. The molecule has 1 atom stereocenters. The Hall–Kier alpha value is -0.771. The second-order valence-corrected chi connectivity index (χ2v) is 2.66. The van der Waals surface area contributed by atoms with Crippen LogP contribution in [0.3, 0.4) is 0 Å². The van der Waals surface area contributed by atoms with Crippen LogP contribution in [0.15, 0.2) is 0 Å². The molecule has 104 valence electrons. The van der Waals surface area contributed by atoms with E-state index < -0.39 is 29.9 Å². The first-order chi connectivity index (χ1) is 7.66. The van der Waals surface area contributed by atoms with Crippen molar-refractivity contribution in [3.63, 3.8) is 0 Å². The van der Waals surface area contributed by atoms with Crippen LogP contribution < -0.4 is 45.5 Å². The molecule has 19 heavy (non-hydrogen) atoms. The van der Waals surface area contributed by atoms with Gasteiger partial charge >= 0.3 is 46.6 Å². The van der Waals surface area contributed by atoms with Gasteiger partial charge < -0.3 is 35.7 Å². The number of rotatable bonds is 6. The molecule has 0 aromatic heterocycles. The molecule has 0 aliphatic rings. The number of aliphatic carboxylic acids is 4. The summed E-state index contributed by atoms with van der Waals surface area (Å²) >= 11 is 0. The van der Waals surface area contributed by atoms with E-state index in [1.807, 2.05) is 0 Å². The fourth-order valence-corrected chi connectivity index (χ4v) is 0.497. The molecular formula is C8H10FeNNaO8. The molecule has 11 heteroatoms. The molecule has 0 spiro atoms. The van der Waals surface area contributed by atoms with Crippen molar-refractivity contribution in [3.05, 3.63) is 6.42 Å². The first kappa shape index (κ1) is 26.7. The Balaban J connectivity index is -0.000000112. The van der Waals surface area contributed by atoms with Gasteiger partial charge in [-0.1, -0.05) is 0 Å². The normalized spacial score (nSPS) is 9.32. The van der Waals surface area contributed by atoms with Gasteiger partial charge in [-0.2, -0.15) is 6.42 Å². The van der Waals surface area contributed by atoms with Gasteiger partial charge in [0.15, 0.2) is 11.9 Å². The molecule has 0 radical (unpaired) electrons. The van der Waals surface area contributed by atoms with E-state index in [0.717, 1.165) is 0 Å². The number of carboxylic acid groups (broad SMARTS) is 4. The van der Waals surface area contributed by atoms with Crippen molar-refractivity contribution in [1.82, 2.24) is 0 Å². The monoisotopic (exact) mass is 327 g/mol. The average Bonchev–Trinajstić information content (AvgIpc) is 2.12. The van der Waals surface area contributed by atoms with Crippen LogP contribution in [0.1, 0.15) is 12.8 Å². The standard InChI is InChI=1S/C5H9NO4.C3H3O4.Fe.Na/c6-3(5(9)10)1-2-4(7)8;4-2(5)1-3(6)7;;/h3H,1-2,6H2,(H,7,8)(H,9,10);1H,(H,4,5)(H,6,7);;/q;-1;+2;+1/p-2. The number of carbonyl (C=O) groups excluding carboxylic acids is 2. The fourth-order valence-electron chi connectivity index (χ4n) is 0.497. The van der Waals surface area contributed by atoms with Crippen LogP contribution in [0.5, 0.6) is 0 Å². The van der Waals surface area contributed by atoms with Crippen molar-refractivity contribution >= 4 is 23.9 Å². The quantitative estimate of drug-likeness (QED) is 0.242. The van der Waals surface area contributed by atoms with Crippen molar-refractivity contribution < 1.29 is 86.2 Å². The Morgan fingerprint density at radius 1 is 1.11 bits per heavy atom. The SMILES string of the molecule is NC(CCC(=O)[O-])C(=O)[O-].O=C(O)[CH-]C(=O)O.[Fe+2].[Na+]. The first-order valence-corrected chi connectivity index (χ1v) is 4.13. The van der Waals surface area contributed by atoms with Crippen molar-refractivity contribution in [2.24, 2.45) is 5.73 Å². The predicted octanol–water partition coefficient (Wildman–Crippen LogP) is -7.04. The van der Waals surface area contributed by atoms with E-state index in [1.54, 1.807) is 0 Å². The second-order valence-electron chi connectivity index (χ2n) is 2.66. The molecule has 9 nitrogen and oxygen atoms in total. The summed E-state index contributed by atoms with van der Waals surface area (Å²) in [4.78, 5) is 38.4. The molecule has 0 aliphatic heterocycles. The molecule has 0 rings (SSSR count). The van der Waals surface area contributed by atoms with Gasteiger partial charge in [0.1, 0.15) is 0 Å². The molecule has 0 saturated heterocycles. The minimum absolute atomic E-state index is 0. The van der Waals surface area contributed by atoms with E-state index in [2.05, 4.69) is 0 Å². The summed E-state index contributed by atoms with van der Waals surface area (Å²) < 4.78 is 0. The first-order valence-electron chi connectivity index (χ1n) is 4.13. The zero-order valence-electron chi connectivity index (χ0n) is 9.84. The van der Waals surface area contributed by atoms with Crippen LogP contribution in [-0.4, -0.2) is 40.1 Å². The van der Waals surface area contributed by atoms with Crippen molar-refractivity contribution in [1.29, 1.82) is 0 Å². The summed E-state index contributed by atoms with van der Waals surface area (Å²) in [5, 5.41) is 34.9. The number of nitrogens with two attached hydrogens (primary N) is 1. The number of hydrogen-bond donors (Lipinski definition) is 3. The topological polar surface area (TPSA) is 181 Å². The summed E-state index contributed by atoms with van der Waals surface area (Å²) in [6, 6.07) is -1.21. The van der Waals surface area contributed by atoms with Gasteiger partial charge in [-0.05, 0) is 12.8 Å². The molecule has 0 aromatic carbocycles. The molecule has 4 N–H and O–H groups in total. The van der Waals surface area contributed by atoms with Gasteiger partial charge in [-0.15, -0.1) is 0 Å². The maximum absolute atomic E-state index is 9.86. The van der Waals surface area contributed by atoms with E-state index in [-0.39, 0.29) is 65.9 Å². The van der Waals surface area contributed by atoms with Crippen LogP contribution in [0.2, 0.25) is 0 Å². The Bertz CT molecular complexity index is 299. The summed E-state index contributed by atoms with van der Waals surface area (Å²) in [5.41, 5.74) is 4.91. The number of carboxylic acids is 4. The van der Waals surface area contributed by atoms with Crippen LogP contribution in [-0.2, 0) is 36.2 Å². The summed E-state index contributed by atoms with van der Waals surface area (Å²) in [6.45, 7) is 0. The molecule has 1 unspecified atom stereocenters. The molecular weight excluding hydrogens is 317 g/mol. The molecule has 0 amide bonds. The second kappa shape index (κ2) is 15.3. The van der Waals surface area contributed by atoms with Crippen LogP contribution >= 0.6 is 0 Å². The third-order valence-electron chi connectivity index (χ3n) is 1.21. The average molecular weight is 327 g/mol. The van der Waals surface area contributed by atoms with Crippen LogP contribution in [0.4, 0.5) is 0 Å². The molecule has 0 heterocycles. The smallest absolute Gasteiger partial charge is 0.550 e.